The predicted octanol–water partition coefficient (Wildman–Crippen LogP) is 1.07. The van der Waals surface area contributed by atoms with Crippen molar-refractivity contribution in [3.63, 3.8) is 0 Å². The molecule has 0 bridgehead atoms. The summed E-state index contributed by atoms with van der Waals surface area (Å²) in [5.41, 5.74) is 2.81. The predicted molar refractivity (Wildman–Crippen MR) is 92.6 cm³/mol. The van der Waals surface area contributed by atoms with Crippen LogP contribution in [-0.4, -0.2) is 56.1 Å². The maximum atomic E-state index is 12.6. The lowest BCUT2D eigenvalue weighted by Gasteiger charge is -2.29. The van der Waals surface area contributed by atoms with Crippen molar-refractivity contribution in [1.29, 1.82) is 0 Å². The number of aromatic nitrogens is 2. The molecule has 0 spiro atoms. The fourth-order valence-corrected chi connectivity index (χ4v) is 3.83. The van der Waals surface area contributed by atoms with Crippen molar-refractivity contribution in [3.8, 4) is 0 Å². The quantitative estimate of drug-likeness (QED) is 0.863. The molecule has 0 radical (unpaired) electrons. The molecular weight excluding hydrogens is 320 g/mol. The van der Waals surface area contributed by atoms with Crippen LogP contribution in [0.25, 0.3) is 0 Å². The number of carbonyl (C=O) groups excluding carboxylic acids is 2. The minimum absolute atomic E-state index is 0.0795. The third kappa shape index (κ3) is 3.86. The minimum Gasteiger partial charge on any atom is -0.390 e. The molecule has 2 amide bonds. The molecule has 0 atom stereocenters. The fraction of sp³-hybridized carbons (Fsp3) is 0.722. The first-order valence-electron chi connectivity index (χ1n) is 9.37. The van der Waals surface area contributed by atoms with Crippen molar-refractivity contribution in [2.24, 2.45) is 0 Å². The smallest absolute Gasteiger partial charge is 0.224 e. The van der Waals surface area contributed by atoms with Gasteiger partial charge in [-0.3, -0.25) is 14.3 Å². The number of rotatable bonds is 5. The van der Waals surface area contributed by atoms with Gasteiger partial charge in [0.05, 0.1) is 12.3 Å². The number of amides is 2. The third-order valence-corrected chi connectivity index (χ3v) is 5.29. The largest absolute Gasteiger partial charge is 0.390 e. The summed E-state index contributed by atoms with van der Waals surface area (Å²) >= 11 is 0. The number of hydrogen-bond acceptors (Lipinski definition) is 4. The minimum atomic E-state index is -0.0976. The molecule has 0 aromatic carbocycles. The number of likely N-dealkylation sites (tertiary alicyclic amines) is 1. The van der Waals surface area contributed by atoms with E-state index in [9.17, 15) is 14.7 Å². The summed E-state index contributed by atoms with van der Waals surface area (Å²) < 4.78 is 1.93. The molecule has 1 saturated heterocycles. The Morgan fingerprint density at radius 1 is 1.20 bits per heavy atom. The average Bonchev–Trinajstić information content (AvgIpc) is 2.87. The molecule has 2 aliphatic heterocycles. The lowest BCUT2D eigenvalue weighted by Crippen LogP contribution is -2.39. The molecular formula is C18H28N4O3. The number of aliphatic hydroxyl groups is 1. The van der Waals surface area contributed by atoms with Crippen molar-refractivity contribution in [2.45, 2.75) is 65.1 Å². The second kappa shape index (κ2) is 7.99. The molecule has 138 valence electrons. The Bertz CT molecular complexity index is 641. The molecule has 1 aromatic rings. The van der Waals surface area contributed by atoms with Crippen molar-refractivity contribution < 1.29 is 14.7 Å². The molecule has 2 aliphatic rings. The van der Waals surface area contributed by atoms with Gasteiger partial charge >= 0.3 is 0 Å². The zero-order valence-corrected chi connectivity index (χ0v) is 15.0. The van der Waals surface area contributed by atoms with E-state index in [2.05, 4.69) is 5.10 Å². The summed E-state index contributed by atoms with van der Waals surface area (Å²) in [6.45, 7) is 5.18. The second-order valence-corrected chi connectivity index (χ2v) is 6.85. The van der Waals surface area contributed by atoms with Gasteiger partial charge in [0.15, 0.2) is 0 Å². The van der Waals surface area contributed by atoms with Crippen LogP contribution < -0.4 is 0 Å². The standard InChI is InChI=1S/C18H28N4O3/c1-2-22-16-7-10-21(12-14(16)15(13-23)19-22)18(25)8-11-20-9-5-3-4-6-17(20)24/h23H,2-13H2,1H3. The van der Waals surface area contributed by atoms with Gasteiger partial charge in [-0.15, -0.1) is 0 Å². The fourth-order valence-electron chi connectivity index (χ4n) is 3.83. The maximum Gasteiger partial charge on any atom is 0.224 e. The monoisotopic (exact) mass is 348 g/mol. The van der Waals surface area contributed by atoms with Gasteiger partial charge < -0.3 is 14.9 Å². The van der Waals surface area contributed by atoms with Crippen LogP contribution in [0.4, 0.5) is 0 Å². The van der Waals surface area contributed by atoms with E-state index in [0.29, 0.717) is 38.2 Å². The summed E-state index contributed by atoms with van der Waals surface area (Å²) in [7, 11) is 0. The lowest BCUT2D eigenvalue weighted by molar-refractivity contribution is -0.134. The molecule has 3 rings (SSSR count). The van der Waals surface area contributed by atoms with Crippen LogP contribution in [0.5, 0.6) is 0 Å². The SMILES string of the molecule is CCn1nc(CO)c2c1CCN(C(=O)CCN1CCCCCC1=O)C2. The van der Waals surface area contributed by atoms with Gasteiger partial charge in [0.2, 0.25) is 11.8 Å². The summed E-state index contributed by atoms with van der Waals surface area (Å²) in [6, 6.07) is 0. The van der Waals surface area contributed by atoms with Crippen LogP contribution in [-0.2, 0) is 35.7 Å². The first-order chi connectivity index (χ1) is 12.1. The van der Waals surface area contributed by atoms with E-state index in [-0.39, 0.29) is 18.4 Å². The van der Waals surface area contributed by atoms with Crippen molar-refractivity contribution in [3.05, 3.63) is 17.0 Å². The Labute approximate surface area is 148 Å². The van der Waals surface area contributed by atoms with Gasteiger partial charge in [-0.05, 0) is 19.8 Å². The first-order valence-corrected chi connectivity index (χ1v) is 9.37. The number of aryl methyl sites for hydroxylation is 1. The van der Waals surface area contributed by atoms with Gasteiger partial charge in [0.1, 0.15) is 0 Å². The van der Waals surface area contributed by atoms with Gasteiger partial charge in [-0.1, -0.05) is 6.42 Å². The van der Waals surface area contributed by atoms with E-state index in [1.807, 2.05) is 21.4 Å². The summed E-state index contributed by atoms with van der Waals surface area (Å²) in [4.78, 5) is 28.3. The highest BCUT2D eigenvalue weighted by Crippen LogP contribution is 2.23. The maximum absolute atomic E-state index is 12.6. The van der Waals surface area contributed by atoms with Crippen LogP contribution in [0.2, 0.25) is 0 Å². The van der Waals surface area contributed by atoms with Gasteiger partial charge in [0, 0.05) is 63.2 Å². The summed E-state index contributed by atoms with van der Waals surface area (Å²) in [5.74, 6) is 0.258. The Morgan fingerprint density at radius 2 is 2.04 bits per heavy atom. The van der Waals surface area contributed by atoms with Gasteiger partial charge in [0.25, 0.3) is 0 Å². The molecule has 0 saturated carbocycles. The zero-order chi connectivity index (χ0) is 17.8. The molecule has 0 unspecified atom stereocenters. The van der Waals surface area contributed by atoms with E-state index in [4.69, 9.17) is 0 Å². The molecule has 25 heavy (non-hydrogen) atoms. The normalized spacial score (nSPS) is 18.2. The highest BCUT2D eigenvalue weighted by molar-refractivity contribution is 5.79. The van der Waals surface area contributed by atoms with E-state index >= 15 is 0 Å². The van der Waals surface area contributed by atoms with Gasteiger partial charge in [-0.25, -0.2) is 0 Å². The summed E-state index contributed by atoms with van der Waals surface area (Å²) in [6.07, 6.45) is 4.84. The van der Waals surface area contributed by atoms with E-state index in [1.165, 1.54) is 0 Å². The van der Waals surface area contributed by atoms with Crippen LogP contribution in [0.1, 0.15) is 56.0 Å². The number of carbonyl (C=O) groups is 2. The second-order valence-electron chi connectivity index (χ2n) is 6.85. The topological polar surface area (TPSA) is 78.7 Å². The van der Waals surface area contributed by atoms with Crippen molar-refractivity contribution >= 4 is 11.8 Å². The molecule has 1 aromatic heterocycles. The molecule has 7 nitrogen and oxygen atoms in total. The average molecular weight is 348 g/mol. The van der Waals surface area contributed by atoms with Gasteiger partial charge in [-0.2, -0.15) is 5.10 Å². The van der Waals surface area contributed by atoms with E-state index < -0.39 is 0 Å². The highest BCUT2D eigenvalue weighted by Gasteiger charge is 2.27. The van der Waals surface area contributed by atoms with E-state index in [1.54, 1.807) is 0 Å². The number of nitrogens with zero attached hydrogens (tertiary/aromatic N) is 4. The Kier molecular flexibility index (Phi) is 5.73. The Morgan fingerprint density at radius 3 is 2.80 bits per heavy atom. The highest BCUT2D eigenvalue weighted by atomic mass is 16.3. The van der Waals surface area contributed by atoms with E-state index in [0.717, 1.165) is 50.0 Å². The Hall–Kier alpha value is -1.89. The van der Waals surface area contributed by atoms with Crippen molar-refractivity contribution in [1.82, 2.24) is 19.6 Å². The number of hydrogen-bond donors (Lipinski definition) is 1. The van der Waals surface area contributed by atoms with Crippen LogP contribution >= 0.6 is 0 Å². The van der Waals surface area contributed by atoms with Crippen molar-refractivity contribution in [2.75, 3.05) is 19.6 Å². The van der Waals surface area contributed by atoms with Crippen LogP contribution in [0.3, 0.4) is 0 Å². The molecule has 1 fully saturated rings. The molecule has 3 heterocycles. The summed E-state index contributed by atoms with van der Waals surface area (Å²) in [5, 5.41) is 14.0. The number of aliphatic hydroxyl groups excluding tert-OH is 1. The first kappa shape index (κ1) is 17.9. The number of fused-ring (bicyclic) bond motifs is 1. The van der Waals surface area contributed by atoms with Crippen LogP contribution in [0.15, 0.2) is 0 Å². The molecule has 7 heteroatoms. The zero-order valence-electron chi connectivity index (χ0n) is 15.0. The Balaban J connectivity index is 1.60. The molecule has 1 N–H and O–H groups in total. The van der Waals surface area contributed by atoms with Crippen LogP contribution in [0, 0.1) is 0 Å². The molecule has 0 aliphatic carbocycles. The lowest BCUT2D eigenvalue weighted by atomic mass is 10.0. The third-order valence-electron chi connectivity index (χ3n) is 5.29.